The Kier molecular flexibility index (Phi) is 9.08. The van der Waals surface area contributed by atoms with Crippen LogP contribution in [-0.4, -0.2) is 15.0 Å². The number of rotatable bonds is 8. The van der Waals surface area contributed by atoms with Crippen molar-refractivity contribution in [3.8, 4) is 56.4 Å². The summed E-state index contributed by atoms with van der Waals surface area (Å²) in [5, 5.41) is 6.36. The summed E-state index contributed by atoms with van der Waals surface area (Å²) in [5.74, 6) is 1.79. The first kappa shape index (κ1) is 37.1. The lowest BCUT2D eigenvalue weighted by atomic mass is 9.99. The number of hydrogen-bond acceptors (Lipinski definition) is 5. The average molecular weight is 819 g/mol. The highest BCUT2D eigenvalue weighted by atomic mass is 16.3. The standard InChI is InChI=1S/C59H38N4O/c1-4-15-39(16-5-1)42-29-33-48(34-30-42)63(49-35-31-43(32-36-49)40-17-6-2-7-18-40)55-50-24-13-12-23-46(50)38-52-54-51(25-14-26-53(54)64-56(52)55)59-61-57(44-20-8-3-9-21-44)60-58(62-59)47-28-27-41-19-10-11-22-45(41)37-47/h1-38H. The van der Waals surface area contributed by atoms with E-state index in [0.29, 0.717) is 17.5 Å². The fourth-order valence-electron chi connectivity index (χ4n) is 8.96. The predicted molar refractivity (Wildman–Crippen MR) is 264 cm³/mol. The fourth-order valence-corrected chi connectivity index (χ4v) is 8.96. The third-order valence-corrected chi connectivity index (χ3v) is 12.1. The molecule has 0 fully saturated rings. The van der Waals surface area contributed by atoms with E-state index in [1.54, 1.807) is 0 Å². The predicted octanol–water partition coefficient (Wildman–Crippen LogP) is 15.9. The number of furan rings is 1. The zero-order valence-corrected chi connectivity index (χ0v) is 34.6. The van der Waals surface area contributed by atoms with Gasteiger partial charge in [-0.15, -0.1) is 0 Å². The molecule has 0 radical (unpaired) electrons. The van der Waals surface area contributed by atoms with Crippen LogP contribution in [0.15, 0.2) is 235 Å². The van der Waals surface area contributed by atoms with Crippen LogP contribution in [-0.2, 0) is 0 Å². The molecule has 0 saturated carbocycles. The van der Waals surface area contributed by atoms with Crippen LogP contribution in [0.3, 0.4) is 0 Å². The van der Waals surface area contributed by atoms with Gasteiger partial charge in [0.05, 0.1) is 5.69 Å². The van der Waals surface area contributed by atoms with Gasteiger partial charge >= 0.3 is 0 Å². The quantitative estimate of drug-likeness (QED) is 0.153. The van der Waals surface area contributed by atoms with Crippen LogP contribution in [0.5, 0.6) is 0 Å². The Hall–Kier alpha value is -8.67. The summed E-state index contributed by atoms with van der Waals surface area (Å²) >= 11 is 0. The van der Waals surface area contributed by atoms with E-state index in [4.69, 9.17) is 19.4 Å². The Morgan fingerprint density at radius 2 is 0.828 bits per heavy atom. The zero-order valence-electron chi connectivity index (χ0n) is 34.6. The van der Waals surface area contributed by atoms with Gasteiger partial charge in [0.15, 0.2) is 23.1 Å². The topological polar surface area (TPSA) is 55.1 Å². The van der Waals surface area contributed by atoms with Gasteiger partial charge in [0.2, 0.25) is 0 Å². The van der Waals surface area contributed by atoms with E-state index < -0.39 is 0 Å². The molecule has 0 atom stereocenters. The number of benzene rings is 10. The Morgan fingerprint density at radius 1 is 0.328 bits per heavy atom. The Balaban J connectivity index is 1.09. The summed E-state index contributed by atoms with van der Waals surface area (Å²) in [6, 6.07) is 80.5. The fraction of sp³-hybridized carbons (Fsp3) is 0. The Labute approximate surface area is 370 Å². The molecule has 0 aliphatic rings. The smallest absolute Gasteiger partial charge is 0.164 e. The maximum Gasteiger partial charge on any atom is 0.164 e. The van der Waals surface area contributed by atoms with Crippen molar-refractivity contribution in [1.29, 1.82) is 0 Å². The molecule has 12 aromatic rings. The molecule has 0 saturated heterocycles. The van der Waals surface area contributed by atoms with E-state index in [1.807, 2.05) is 42.5 Å². The molecule has 64 heavy (non-hydrogen) atoms. The van der Waals surface area contributed by atoms with Crippen LogP contribution < -0.4 is 4.90 Å². The van der Waals surface area contributed by atoms with Crippen molar-refractivity contribution in [3.63, 3.8) is 0 Å². The summed E-state index contributed by atoms with van der Waals surface area (Å²) in [5.41, 5.74) is 11.8. The van der Waals surface area contributed by atoms with E-state index >= 15 is 0 Å². The highest BCUT2D eigenvalue weighted by Crippen LogP contribution is 2.48. The number of anilines is 3. The van der Waals surface area contributed by atoms with Gasteiger partial charge in [0, 0.05) is 44.2 Å². The van der Waals surface area contributed by atoms with E-state index in [-0.39, 0.29) is 0 Å². The Bertz CT molecular complexity index is 3560. The molecule has 300 valence electrons. The van der Waals surface area contributed by atoms with Gasteiger partial charge in [-0.2, -0.15) is 0 Å². The average Bonchev–Trinajstić information content (AvgIpc) is 3.75. The lowest BCUT2D eigenvalue weighted by Crippen LogP contribution is -2.11. The zero-order chi connectivity index (χ0) is 42.4. The van der Waals surface area contributed by atoms with E-state index in [1.165, 1.54) is 11.1 Å². The van der Waals surface area contributed by atoms with Gasteiger partial charge in [0.25, 0.3) is 0 Å². The molecule has 2 aromatic heterocycles. The maximum absolute atomic E-state index is 7.13. The molecule has 5 heteroatoms. The van der Waals surface area contributed by atoms with Crippen LogP contribution in [0.4, 0.5) is 17.1 Å². The van der Waals surface area contributed by atoms with Gasteiger partial charge in [-0.3, -0.25) is 0 Å². The molecule has 0 spiro atoms. The van der Waals surface area contributed by atoms with Gasteiger partial charge in [-0.25, -0.2) is 15.0 Å². The number of aromatic nitrogens is 3. The molecular formula is C59H38N4O. The van der Waals surface area contributed by atoms with Crippen LogP contribution in [0.2, 0.25) is 0 Å². The summed E-state index contributed by atoms with van der Waals surface area (Å²) in [4.78, 5) is 17.9. The molecule has 0 aliphatic carbocycles. The van der Waals surface area contributed by atoms with E-state index in [0.717, 1.165) is 88.4 Å². The largest absolute Gasteiger partial charge is 0.454 e. The maximum atomic E-state index is 7.13. The van der Waals surface area contributed by atoms with Crippen molar-refractivity contribution >= 4 is 60.5 Å². The highest BCUT2D eigenvalue weighted by Gasteiger charge is 2.25. The number of fused-ring (bicyclic) bond motifs is 5. The summed E-state index contributed by atoms with van der Waals surface area (Å²) in [6.45, 7) is 0. The van der Waals surface area contributed by atoms with E-state index in [2.05, 4.69) is 193 Å². The molecule has 0 amide bonds. The molecule has 12 rings (SSSR count). The lowest BCUT2D eigenvalue weighted by molar-refractivity contribution is 0.669. The second kappa shape index (κ2) is 15.7. The van der Waals surface area contributed by atoms with Gasteiger partial charge < -0.3 is 9.32 Å². The second-order valence-electron chi connectivity index (χ2n) is 16.0. The summed E-state index contributed by atoms with van der Waals surface area (Å²) < 4.78 is 7.13. The van der Waals surface area contributed by atoms with Crippen molar-refractivity contribution in [2.45, 2.75) is 0 Å². The van der Waals surface area contributed by atoms with Crippen molar-refractivity contribution in [3.05, 3.63) is 231 Å². The summed E-state index contributed by atoms with van der Waals surface area (Å²) in [6.07, 6.45) is 0. The minimum Gasteiger partial charge on any atom is -0.454 e. The molecule has 0 bridgehead atoms. The van der Waals surface area contributed by atoms with Gasteiger partial charge in [0.1, 0.15) is 5.58 Å². The van der Waals surface area contributed by atoms with Crippen molar-refractivity contribution in [2.24, 2.45) is 0 Å². The van der Waals surface area contributed by atoms with Crippen molar-refractivity contribution in [2.75, 3.05) is 4.90 Å². The van der Waals surface area contributed by atoms with Crippen molar-refractivity contribution < 1.29 is 4.42 Å². The van der Waals surface area contributed by atoms with Crippen molar-refractivity contribution in [1.82, 2.24) is 15.0 Å². The van der Waals surface area contributed by atoms with Gasteiger partial charge in [-0.05, 0) is 80.9 Å². The lowest BCUT2D eigenvalue weighted by Gasteiger charge is -2.27. The minimum absolute atomic E-state index is 0.574. The third-order valence-electron chi connectivity index (χ3n) is 12.1. The molecule has 0 N–H and O–H groups in total. The molecule has 2 heterocycles. The monoisotopic (exact) mass is 818 g/mol. The van der Waals surface area contributed by atoms with Crippen LogP contribution in [0.1, 0.15) is 0 Å². The first-order valence-corrected chi connectivity index (χ1v) is 21.5. The Morgan fingerprint density at radius 3 is 1.47 bits per heavy atom. The summed E-state index contributed by atoms with van der Waals surface area (Å²) in [7, 11) is 0. The number of nitrogens with zero attached hydrogens (tertiary/aromatic N) is 4. The van der Waals surface area contributed by atoms with Crippen LogP contribution in [0.25, 0.3) is 99.9 Å². The molecule has 5 nitrogen and oxygen atoms in total. The van der Waals surface area contributed by atoms with Crippen LogP contribution >= 0.6 is 0 Å². The highest BCUT2D eigenvalue weighted by molar-refractivity contribution is 6.22. The molecular weight excluding hydrogens is 781 g/mol. The first-order chi connectivity index (χ1) is 31.7. The molecule has 10 aromatic carbocycles. The number of hydrogen-bond donors (Lipinski definition) is 0. The minimum atomic E-state index is 0.574. The van der Waals surface area contributed by atoms with Gasteiger partial charge in [-0.1, -0.05) is 188 Å². The van der Waals surface area contributed by atoms with E-state index in [9.17, 15) is 0 Å². The normalized spacial score (nSPS) is 11.4. The second-order valence-corrected chi connectivity index (χ2v) is 16.0. The first-order valence-electron chi connectivity index (χ1n) is 21.5. The third kappa shape index (κ3) is 6.64. The molecule has 0 aliphatic heterocycles. The van der Waals surface area contributed by atoms with Crippen LogP contribution in [0, 0.1) is 0 Å². The molecule has 0 unspecified atom stereocenters. The SMILES string of the molecule is c1ccc(-c2ccc(N(c3ccc(-c4ccccc4)cc3)c3c4ccccc4cc4c3oc3cccc(-c5nc(-c6ccccc6)nc(-c6ccc7ccccc7c6)n5)c34)cc2)cc1.